The first-order valence-corrected chi connectivity index (χ1v) is 6.98. The maximum absolute atomic E-state index is 6.05. The highest BCUT2D eigenvalue weighted by atomic mass is 16.5. The van der Waals surface area contributed by atoms with Gasteiger partial charge in [-0.2, -0.15) is 0 Å². The van der Waals surface area contributed by atoms with Crippen LogP contribution < -0.4 is 5.73 Å². The zero-order valence-electron chi connectivity index (χ0n) is 12.1. The molecule has 0 fully saturated rings. The van der Waals surface area contributed by atoms with Crippen LogP contribution in [0.5, 0.6) is 0 Å². The van der Waals surface area contributed by atoms with E-state index in [1.165, 1.54) is 24.0 Å². The number of ether oxygens (including phenoxy) is 1. The van der Waals surface area contributed by atoms with Crippen LogP contribution in [0.15, 0.2) is 24.3 Å². The van der Waals surface area contributed by atoms with Crippen LogP contribution in [-0.2, 0) is 4.74 Å². The van der Waals surface area contributed by atoms with Gasteiger partial charge in [0.05, 0.1) is 12.7 Å². The van der Waals surface area contributed by atoms with Crippen molar-refractivity contribution in [1.29, 1.82) is 0 Å². The van der Waals surface area contributed by atoms with E-state index in [2.05, 4.69) is 45.0 Å². The number of rotatable bonds is 7. The summed E-state index contributed by atoms with van der Waals surface area (Å²) < 4.78 is 6.03. The van der Waals surface area contributed by atoms with E-state index in [4.69, 9.17) is 10.5 Å². The van der Waals surface area contributed by atoms with Crippen molar-refractivity contribution in [2.45, 2.75) is 52.7 Å². The monoisotopic (exact) mass is 249 g/mol. The van der Waals surface area contributed by atoms with Crippen LogP contribution >= 0.6 is 0 Å². The largest absolute Gasteiger partial charge is 0.372 e. The molecule has 0 saturated carbocycles. The highest BCUT2D eigenvalue weighted by molar-refractivity contribution is 5.25. The molecule has 0 spiro atoms. The summed E-state index contributed by atoms with van der Waals surface area (Å²) in [5.41, 5.74) is 8.50. The molecule has 0 aliphatic heterocycles. The van der Waals surface area contributed by atoms with Gasteiger partial charge in [0.1, 0.15) is 0 Å². The van der Waals surface area contributed by atoms with Crippen LogP contribution in [0.4, 0.5) is 0 Å². The number of benzene rings is 1. The molecule has 2 heteroatoms. The standard InChI is InChI=1S/C16H27NO/c1-5-7-13(3)11-18-16(14(4)17)15-9-6-8-12(2)10-15/h6,8-10,13-14,16H,5,7,11,17H2,1-4H3. The Morgan fingerprint density at radius 3 is 2.56 bits per heavy atom. The lowest BCUT2D eigenvalue weighted by Crippen LogP contribution is -2.28. The molecule has 0 saturated heterocycles. The van der Waals surface area contributed by atoms with Crippen molar-refractivity contribution in [3.05, 3.63) is 35.4 Å². The van der Waals surface area contributed by atoms with Crippen molar-refractivity contribution in [3.8, 4) is 0 Å². The van der Waals surface area contributed by atoms with Crippen LogP contribution in [0.2, 0.25) is 0 Å². The molecule has 18 heavy (non-hydrogen) atoms. The molecule has 0 bridgehead atoms. The zero-order chi connectivity index (χ0) is 13.5. The lowest BCUT2D eigenvalue weighted by molar-refractivity contribution is 0.0173. The van der Waals surface area contributed by atoms with Gasteiger partial charge in [0, 0.05) is 6.04 Å². The van der Waals surface area contributed by atoms with Gasteiger partial charge in [0.2, 0.25) is 0 Å². The quantitative estimate of drug-likeness (QED) is 0.797. The van der Waals surface area contributed by atoms with E-state index >= 15 is 0 Å². The molecule has 0 aliphatic carbocycles. The smallest absolute Gasteiger partial charge is 0.0973 e. The average molecular weight is 249 g/mol. The van der Waals surface area contributed by atoms with Crippen molar-refractivity contribution >= 4 is 0 Å². The van der Waals surface area contributed by atoms with Crippen molar-refractivity contribution in [3.63, 3.8) is 0 Å². The van der Waals surface area contributed by atoms with Gasteiger partial charge in [0.25, 0.3) is 0 Å². The van der Waals surface area contributed by atoms with E-state index in [0.717, 1.165) is 6.61 Å². The minimum absolute atomic E-state index is 0.00389. The second kappa shape index (κ2) is 7.55. The Bertz CT molecular complexity index is 349. The zero-order valence-corrected chi connectivity index (χ0v) is 12.1. The molecule has 0 aromatic heterocycles. The molecule has 0 radical (unpaired) electrons. The summed E-state index contributed by atoms with van der Waals surface area (Å²) in [6, 6.07) is 8.45. The summed E-state index contributed by atoms with van der Waals surface area (Å²) in [5.74, 6) is 0.598. The Balaban J connectivity index is 2.66. The normalized spacial score (nSPS) is 16.3. The topological polar surface area (TPSA) is 35.2 Å². The first-order chi connectivity index (χ1) is 8.54. The summed E-state index contributed by atoms with van der Waals surface area (Å²) in [7, 11) is 0. The van der Waals surface area contributed by atoms with Gasteiger partial charge >= 0.3 is 0 Å². The molecule has 1 aromatic carbocycles. The Kier molecular flexibility index (Phi) is 6.37. The minimum Gasteiger partial charge on any atom is -0.372 e. The van der Waals surface area contributed by atoms with Crippen molar-refractivity contribution in [1.82, 2.24) is 0 Å². The van der Waals surface area contributed by atoms with E-state index in [-0.39, 0.29) is 12.1 Å². The van der Waals surface area contributed by atoms with Gasteiger partial charge in [-0.25, -0.2) is 0 Å². The summed E-state index contributed by atoms with van der Waals surface area (Å²) in [6.07, 6.45) is 2.42. The first kappa shape index (κ1) is 15.2. The predicted molar refractivity (Wildman–Crippen MR) is 77.6 cm³/mol. The fraction of sp³-hybridized carbons (Fsp3) is 0.625. The third-order valence-electron chi connectivity index (χ3n) is 3.19. The molecular formula is C16H27NO. The highest BCUT2D eigenvalue weighted by Gasteiger charge is 2.17. The van der Waals surface area contributed by atoms with Gasteiger partial charge in [-0.1, -0.05) is 50.1 Å². The second-order valence-corrected chi connectivity index (χ2v) is 5.42. The molecule has 102 valence electrons. The molecule has 0 amide bonds. The summed E-state index contributed by atoms with van der Waals surface area (Å²) >= 11 is 0. The lowest BCUT2D eigenvalue weighted by atomic mass is 10.0. The van der Waals surface area contributed by atoms with Gasteiger partial charge in [0.15, 0.2) is 0 Å². The van der Waals surface area contributed by atoms with Gasteiger partial charge < -0.3 is 10.5 Å². The predicted octanol–water partition coefficient (Wildman–Crippen LogP) is 3.84. The van der Waals surface area contributed by atoms with E-state index in [1.54, 1.807) is 0 Å². The second-order valence-electron chi connectivity index (χ2n) is 5.42. The van der Waals surface area contributed by atoms with Crippen LogP contribution in [0, 0.1) is 12.8 Å². The van der Waals surface area contributed by atoms with Gasteiger partial charge in [-0.05, 0) is 31.7 Å². The molecule has 1 aromatic rings. The Morgan fingerprint density at radius 2 is 2.00 bits per heavy atom. The van der Waals surface area contributed by atoms with Crippen LogP contribution in [0.25, 0.3) is 0 Å². The van der Waals surface area contributed by atoms with Crippen LogP contribution in [0.1, 0.15) is 50.8 Å². The highest BCUT2D eigenvalue weighted by Crippen LogP contribution is 2.22. The fourth-order valence-corrected chi connectivity index (χ4v) is 2.24. The minimum atomic E-state index is 0.00389. The third-order valence-corrected chi connectivity index (χ3v) is 3.19. The molecule has 3 atom stereocenters. The molecule has 3 unspecified atom stereocenters. The summed E-state index contributed by atoms with van der Waals surface area (Å²) in [6.45, 7) is 9.34. The van der Waals surface area contributed by atoms with E-state index in [9.17, 15) is 0 Å². The summed E-state index contributed by atoms with van der Waals surface area (Å²) in [5, 5.41) is 0. The number of nitrogens with two attached hydrogens (primary N) is 1. The number of hydrogen-bond donors (Lipinski definition) is 1. The molecule has 2 nitrogen and oxygen atoms in total. The Labute approximate surface area is 112 Å². The van der Waals surface area contributed by atoms with Crippen molar-refractivity contribution in [2.75, 3.05) is 6.61 Å². The average Bonchev–Trinajstić information content (AvgIpc) is 2.29. The fourth-order valence-electron chi connectivity index (χ4n) is 2.24. The maximum atomic E-state index is 6.05. The Hall–Kier alpha value is -0.860. The third kappa shape index (κ3) is 4.79. The molecule has 0 aliphatic rings. The summed E-state index contributed by atoms with van der Waals surface area (Å²) in [4.78, 5) is 0. The molecule has 1 rings (SSSR count). The van der Waals surface area contributed by atoms with Crippen LogP contribution in [-0.4, -0.2) is 12.6 Å². The molecular weight excluding hydrogens is 222 g/mol. The van der Waals surface area contributed by atoms with Crippen LogP contribution in [0.3, 0.4) is 0 Å². The van der Waals surface area contributed by atoms with E-state index in [0.29, 0.717) is 5.92 Å². The SMILES string of the molecule is CCCC(C)COC(c1cccc(C)c1)C(C)N. The van der Waals surface area contributed by atoms with E-state index < -0.39 is 0 Å². The van der Waals surface area contributed by atoms with Gasteiger partial charge in [-0.3, -0.25) is 0 Å². The maximum Gasteiger partial charge on any atom is 0.0973 e. The number of aryl methyl sites for hydroxylation is 1. The lowest BCUT2D eigenvalue weighted by Gasteiger charge is -2.24. The molecule has 2 N–H and O–H groups in total. The molecule has 0 heterocycles. The Morgan fingerprint density at radius 1 is 1.28 bits per heavy atom. The van der Waals surface area contributed by atoms with Gasteiger partial charge in [-0.15, -0.1) is 0 Å². The van der Waals surface area contributed by atoms with E-state index in [1.807, 2.05) is 6.92 Å². The van der Waals surface area contributed by atoms with Crippen molar-refractivity contribution in [2.24, 2.45) is 11.7 Å². The number of hydrogen-bond acceptors (Lipinski definition) is 2. The van der Waals surface area contributed by atoms with Crippen molar-refractivity contribution < 1.29 is 4.74 Å². The first-order valence-electron chi connectivity index (χ1n) is 6.98.